The van der Waals surface area contributed by atoms with Crippen LogP contribution in [0, 0.1) is 5.92 Å². The highest BCUT2D eigenvalue weighted by molar-refractivity contribution is 4.83. The summed E-state index contributed by atoms with van der Waals surface area (Å²) < 4.78 is 0. The first-order chi connectivity index (χ1) is 7.79. The van der Waals surface area contributed by atoms with Gasteiger partial charge in [-0.05, 0) is 58.2 Å². The third kappa shape index (κ3) is 3.21. The summed E-state index contributed by atoms with van der Waals surface area (Å²) in [5.41, 5.74) is 0. The predicted octanol–water partition coefficient (Wildman–Crippen LogP) is 2.64. The molecule has 94 valence electrons. The van der Waals surface area contributed by atoms with Gasteiger partial charge in [-0.1, -0.05) is 19.8 Å². The highest BCUT2D eigenvalue weighted by Crippen LogP contribution is 2.28. The number of nitrogens with one attached hydrogen (secondary N) is 1. The van der Waals surface area contributed by atoms with Gasteiger partial charge in [0, 0.05) is 12.1 Å². The molecule has 0 aromatic heterocycles. The number of hydrogen-bond donors (Lipinski definition) is 1. The summed E-state index contributed by atoms with van der Waals surface area (Å²) in [6.45, 7) is 8.50. The number of nitrogens with zero attached hydrogens (tertiary/aromatic N) is 1. The van der Waals surface area contributed by atoms with E-state index in [1.54, 1.807) is 0 Å². The van der Waals surface area contributed by atoms with Crippen molar-refractivity contribution in [3.05, 3.63) is 0 Å². The lowest BCUT2D eigenvalue weighted by Gasteiger charge is -2.34. The average Bonchev–Trinajstić information content (AvgIpc) is 2.83. The van der Waals surface area contributed by atoms with Crippen LogP contribution in [0.5, 0.6) is 0 Å². The van der Waals surface area contributed by atoms with Crippen LogP contribution in [-0.4, -0.2) is 36.6 Å². The number of piperidine rings is 1. The third-order valence-corrected chi connectivity index (χ3v) is 4.64. The van der Waals surface area contributed by atoms with Gasteiger partial charge < -0.3 is 10.2 Å². The standard InChI is InChI=1S/C14H28N2/c1-3-16-10-8-14(9-11-16)15-12(2)13-6-4-5-7-13/h12-15H,3-11H2,1-2H3/t12-/m1/s1. The van der Waals surface area contributed by atoms with Crippen LogP contribution in [0.3, 0.4) is 0 Å². The maximum absolute atomic E-state index is 3.88. The van der Waals surface area contributed by atoms with Gasteiger partial charge >= 0.3 is 0 Å². The lowest BCUT2D eigenvalue weighted by atomic mass is 9.96. The van der Waals surface area contributed by atoms with Crippen molar-refractivity contribution in [2.45, 2.75) is 64.5 Å². The summed E-state index contributed by atoms with van der Waals surface area (Å²) in [7, 11) is 0. The lowest BCUT2D eigenvalue weighted by molar-refractivity contribution is 0.191. The van der Waals surface area contributed by atoms with Crippen LogP contribution in [0.15, 0.2) is 0 Å². The second kappa shape index (κ2) is 6.02. The minimum atomic E-state index is 0.751. The Labute approximate surface area is 101 Å². The van der Waals surface area contributed by atoms with E-state index in [9.17, 15) is 0 Å². The van der Waals surface area contributed by atoms with Gasteiger partial charge in [-0.3, -0.25) is 0 Å². The van der Waals surface area contributed by atoms with Crippen molar-refractivity contribution in [2.24, 2.45) is 5.92 Å². The second-order valence-corrected chi connectivity index (χ2v) is 5.71. The topological polar surface area (TPSA) is 15.3 Å². The normalized spacial score (nSPS) is 27.4. The Hall–Kier alpha value is -0.0800. The SMILES string of the molecule is CCN1CCC(N[C@H](C)C2CCCC2)CC1. The van der Waals surface area contributed by atoms with Gasteiger partial charge in [-0.2, -0.15) is 0 Å². The van der Waals surface area contributed by atoms with E-state index in [4.69, 9.17) is 0 Å². The van der Waals surface area contributed by atoms with Crippen molar-refractivity contribution >= 4 is 0 Å². The molecule has 2 aliphatic rings. The van der Waals surface area contributed by atoms with Crippen molar-refractivity contribution < 1.29 is 0 Å². The Morgan fingerprint density at radius 2 is 1.75 bits per heavy atom. The Bertz CT molecular complexity index is 191. The fourth-order valence-electron chi connectivity index (χ4n) is 3.38. The fraction of sp³-hybridized carbons (Fsp3) is 1.00. The van der Waals surface area contributed by atoms with Crippen LogP contribution in [0.2, 0.25) is 0 Å². The van der Waals surface area contributed by atoms with Crippen molar-refractivity contribution in [3.8, 4) is 0 Å². The van der Waals surface area contributed by atoms with Gasteiger partial charge in [-0.25, -0.2) is 0 Å². The molecule has 0 aromatic carbocycles. The molecule has 2 fully saturated rings. The summed E-state index contributed by atoms with van der Waals surface area (Å²) in [4.78, 5) is 2.57. The molecule has 0 radical (unpaired) electrons. The zero-order chi connectivity index (χ0) is 11.4. The molecule has 1 saturated carbocycles. The van der Waals surface area contributed by atoms with Gasteiger partial charge in [0.05, 0.1) is 0 Å². The Kier molecular flexibility index (Phi) is 4.66. The predicted molar refractivity (Wildman–Crippen MR) is 69.7 cm³/mol. The van der Waals surface area contributed by atoms with Crippen LogP contribution >= 0.6 is 0 Å². The summed E-state index contributed by atoms with van der Waals surface area (Å²) >= 11 is 0. The molecule has 0 aromatic rings. The fourth-order valence-corrected chi connectivity index (χ4v) is 3.38. The van der Waals surface area contributed by atoms with Gasteiger partial charge in [0.25, 0.3) is 0 Å². The molecule has 16 heavy (non-hydrogen) atoms. The summed E-state index contributed by atoms with van der Waals surface area (Å²) in [6.07, 6.45) is 8.55. The monoisotopic (exact) mass is 224 g/mol. The van der Waals surface area contributed by atoms with Crippen LogP contribution in [0.25, 0.3) is 0 Å². The first-order valence-electron chi connectivity index (χ1n) is 7.28. The Morgan fingerprint density at radius 1 is 1.12 bits per heavy atom. The van der Waals surface area contributed by atoms with Crippen LogP contribution in [0.1, 0.15) is 52.4 Å². The van der Waals surface area contributed by atoms with Crippen molar-refractivity contribution in [1.82, 2.24) is 10.2 Å². The first kappa shape index (κ1) is 12.4. The quantitative estimate of drug-likeness (QED) is 0.790. The summed E-state index contributed by atoms with van der Waals surface area (Å²) in [6, 6.07) is 1.54. The Morgan fingerprint density at radius 3 is 2.31 bits per heavy atom. The van der Waals surface area contributed by atoms with Crippen molar-refractivity contribution in [3.63, 3.8) is 0 Å². The van der Waals surface area contributed by atoms with E-state index < -0.39 is 0 Å². The van der Waals surface area contributed by atoms with E-state index in [0.29, 0.717) is 0 Å². The third-order valence-electron chi connectivity index (χ3n) is 4.64. The van der Waals surface area contributed by atoms with E-state index in [-0.39, 0.29) is 0 Å². The van der Waals surface area contributed by atoms with Crippen LogP contribution in [-0.2, 0) is 0 Å². The smallest absolute Gasteiger partial charge is 0.00940 e. The maximum atomic E-state index is 3.88. The highest BCUT2D eigenvalue weighted by atomic mass is 15.1. The molecule has 1 heterocycles. The van der Waals surface area contributed by atoms with Gasteiger partial charge in [0.15, 0.2) is 0 Å². The van der Waals surface area contributed by atoms with Gasteiger partial charge in [0.1, 0.15) is 0 Å². The molecule has 2 heteroatoms. The molecular formula is C14H28N2. The second-order valence-electron chi connectivity index (χ2n) is 5.71. The molecule has 0 amide bonds. The number of hydrogen-bond acceptors (Lipinski definition) is 2. The molecule has 2 nitrogen and oxygen atoms in total. The van der Waals surface area contributed by atoms with Gasteiger partial charge in [0.2, 0.25) is 0 Å². The average molecular weight is 224 g/mol. The molecule has 1 atom stereocenters. The summed E-state index contributed by atoms with van der Waals surface area (Å²) in [5, 5.41) is 3.88. The van der Waals surface area contributed by atoms with Crippen LogP contribution in [0.4, 0.5) is 0 Å². The molecule has 2 rings (SSSR count). The molecule has 0 unspecified atom stereocenters. The zero-order valence-corrected chi connectivity index (χ0v) is 11.0. The largest absolute Gasteiger partial charge is 0.311 e. The van der Waals surface area contributed by atoms with E-state index in [0.717, 1.165) is 18.0 Å². The van der Waals surface area contributed by atoms with Gasteiger partial charge in [-0.15, -0.1) is 0 Å². The van der Waals surface area contributed by atoms with E-state index in [1.165, 1.54) is 58.2 Å². The molecule has 1 aliphatic carbocycles. The molecule has 1 saturated heterocycles. The van der Waals surface area contributed by atoms with Crippen LogP contribution < -0.4 is 5.32 Å². The van der Waals surface area contributed by atoms with Crippen molar-refractivity contribution in [1.29, 1.82) is 0 Å². The zero-order valence-electron chi connectivity index (χ0n) is 11.0. The molecular weight excluding hydrogens is 196 g/mol. The number of rotatable bonds is 4. The molecule has 1 aliphatic heterocycles. The van der Waals surface area contributed by atoms with E-state index in [2.05, 4.69) is 24.1 Å². The molecule has 0 bridgehead atoms. The Balaban J connectivity index is 1.69. The minimum absolute atomic E-state index is 0.751. The minimum Gasteiger partial charge on any atom is -0.311 e. The maximum Gasteiger partial charge on any atom is 0.00940 e. The lowest BCUT2D eigenvalue weighted by Crippen LogP contribution is -2.47. The summed E-state index contributed by atoms with van der Waals surface area (Å²) in [5.74, 6) is 0.962. The van der Waals surface area contributed by atoms with E-state index >= 15 is 0 Å². The van der Waals surface area contributed by atoms with Crippen molar-refractivity contribution in [2.75, 3.05) is 19.6 Å². The first-order valence-corrected chi connectivity index (χ1v) is 7.28. The van der Waals surface area contributed by atoms with E-state index in [1.807, 2.05) is 0 Å². The number of likely N-dealkylation sites (tertiary alicyclic amines) is 1. The molecule has 1 N–H and O–H groups in total. The highest BCUT2D eigenvalue weighted by Gasteiger charge is 2.25. The molecule has 0 spiro atoms.